The van der Waals surface area contributed by atoms with Crippen molar-refractivity contribution in [2.24, 2.45) is 0 Å². The predicted molar refractivity (Wildman–Crippen MR) is 129 cm³/mol. The number of nitrogens with zero attached hydrogens (tertiary/aromatic N) is 1. The molecule has 0 fully saturated rings. The molecule has 36 heavy (non-hydrogen) atoms. The molecule has 192 valence electrons. The van der Waals surface area contributed by atoms with Crippen molar-refractivity contribution in [3.05, 3.63) is 70.3 Å². The summed E-state index contributed by atoms with van der Waals surface area (Å²) < 4.78 is 74.2. The maximum Gasteiger partial charge on any atom is 0.458 e. The summed E-state index contributed by atoms with van der Waals surface area (Å²) in [5, 5.41) is 6.27. The Balaban J connectivity index is 1.91. The molecule has 2 aliphatic rings. The molecule has 2 aromatic rings. The van der Waals surface area contributed by atoms with Crippen LogP contribution in [0, 0.1) is 0 Å². The van der Waals surface area contributed by atoms with E-state index in [1.807, 2.05) is 6.92 Å². The van der Waals surface area contributed by atoms with Crippen LogP contribution in [-0.2, 0) is 12.5 Å². The highest BCUT2D eigenvalue weighted by Gasteiger charge is 2.59. The second-order valence-corrected chi connectivity index (χ2v) is 9.39. The molecule has 5 nitrogen and oxygen atoms in total. The summed E-state index contributed by atoms with van der Waals surface area (Å²) in [6.45, 7) is 6.06. The number of carbonyl (C=O) groups excluding carboxylic acids is 1. The molecule has 2 aromatic carbocycles. The minimum absolute atomic E-state index is 0.0249. The van der Waals surface area contributed by atoms with Crippen LogP contribution in [0.2, 0.25) is 0 Å². The van der Waals surface area contributed by atoms with Crippen molar-refractivity contribution in [2.75, 3.05) is 13.1 Å². The van der Waals surface area contributed by atoms with Crippen molar-refractivity contribution >= 4 is 28.9 Å². The van der Waals surface area contributed by atoms with Gasteiger partial charge >= 0.3 is 12.1 Å². The van der Waals surface area contributed by atoms with Gasteiger partial charge in [-0.1, -0.05) is 18.2 Å². The van der Waals surface area contributed by atoms with Crippen molar-refractivity contribution in [3.63, 3.8) is 0 Å². The van der Waals surface area contributed by atoms with Crippen LogP contribution >= 0.6 is 12.2 Å². The Morgan fingerprint density at radius 1 is 1.08 bits per heavy atom. The second-order valence-electron chi connectivity index (χ2n) is 8.98. The summed E-state index contributed by atoms with van der Waals surface area (Å²) in [5.41, 5.74) is -0.466. The van der Waals surface area contributed by atoms with E-state index in [9.17, 15) is 26.7 Å². The molecule has 0 radical (unpaired) electrons. The van der Waals surface area contributed by atoms with Gasteiger partial charge in [0.25, 0.3) is 5.91 Å². The molecule has 0 unspecified atom stereocenters. The molecule has 0 saturated carbocycles. The first kappa shape index (κ1) is 25.9. The lowest BCUT2D eigenvalue weighted by atomic mass is 9.87. The fourth-order valence-corrected chi connectivity index (χ4v) is 4.60. The number of halogens is 5. The maximum atomic E-state index is 14.3. The normalized spacial score (nSPS) is 16.9. The Morgan fingerprint density at radius 3 is 2.42 bits per heavy atom. The van der Waals surface area contributed by atoms with Crippen LogP contribution in [-0.4, -0.2) is 40.8 Å². The zero-order valence-electron chi connectivity index (χ0n) is 19.7. The van der Waals surface area contributed by atoms with Crippen molar-refractivity contribution < 1.29 is 31.5 Å². The van der Waals surface area contributed by atoms with Crippen molar-refractivity contribution in [1.82, 2.24) is 15.5 Å². The Morgan fingerprint density at radius 2 is 1.78 bits per heavy atom. The molecule has 2 aliphatic heterocycles. The third kappa shape index (κ3) is 4.40. The van der Waals surface area contributed by atoms with Gasteiger partial charge in [-0.05, 0) is 62.8 Å². The molecule has 2 heterocycles. The van der Waals surface area contributed by atoms with E-state index in [4.69, 9.17) is 17.0 Å². The van der Waals surface area contributed by atoms with Crippen LogP contribution in [0.25, 0.3) is 5.70 Å². The molecule has 0 aromatic heterocycles. The van der Waals surface area contributed by atoms with Crippen LogP contribution in [0.15, 0.2) is 48.0 Å². The first-order valence-corrected chi connectivity index (χ1v) is 11.6. The molecule has 0 atom stereocenters. The van der Waals surface area contributed by atoms with Crippen LogP contribution in [0.1, 0.15) is 47.8 Å². The summed E-state index contributed by atoms with van der Waals surface area (Å²) >= 11 is 5.25. The zero-order chi connectivity index (χ0) is 26.5. The number of hydrogen-bond acceptors (Lipinski definition) is 3. The van der Waals surface area contributed by atoms with Crippen molar-refractivity contribution in [1.29, 1.82) is 0 Å². The summed E-state index contributed by atoms with van der Waals surface area (Å²) in [7, 11) is 0. The van der Waals surface area contributed by atoms with Crippen LogP contribution in [0.3, 0.4) is 0 Å². The van der Waals surface area contributed by atoms with Gasteiger partial charge in [-0.3, -0.25) is 4.79 Å². The number of ether oxygens (including phenoxy) is 1. The lowest BCUT2D eigenvalue weighted by Gasteiger charge is -2.40. The lowest BCUT2D eigenvalue weighted by molar-refractivity contribution is -0.289. The fraction of sp³-hybridized carbons (Fsp3) is 0.360. The summed E-state index contributed by atoms with van der Waals surface area (Å²) in [5.74, 6) is -5.38. The van der Waals surface area contributed by atoms with Gasteiger partial charge < -0.3 is 20.3 Å². The Bertz CT molecular complexity index is 1260. The number of alkyl halides is 5. The van der Waals surface area contributed by atoms with Gasteiger partial charge in [0.1, 0.15) is 11.4 Å². The molecule has 0 aliphatic carbocycles. The van der Waals surface area contributed by atoms with Gasteiger partial charge in [-0.25, -0.2) is 0 Å². The average Bonchev–Trinajstić information content (AvgIpc) is 3.12. The number of hydrogen-bond donors (Lipinski definition) is 2. The van der Waals surface area contributed by atoms with E-state index in [-0.39, 0.29) is 36.0 Å². The van der Waals surface area contributed by atoms with Gasteiger partial charge in [0.05, 0.1) is 12.2 Å². The number of nitrogens with one attached hydrogen (secondary N) is 2. The minimum Gasteiger partial charge on any atom is -0.483 e. The van der Waals surface area contributed by atoms with Gasteiger partial charge in [0.2, 0.25) is 0 Å². The second kappa shape index (κ2) is 9.02. The van der Waals surface area contributed by atoms with Gasteiger partial charge in [-0.2, -0.15) is 22.0 Å². The minimum atomic E-state index is -5.79. The number of benzene rings is 2. The summed E-state index contributed by atoms with van der Waals surface area (Å²) in [6.07, 6.45) is -5.79. The van der Waals surface area contributed by atoms with E-state index < -0.39 is 23.3 Å². The highest BCUT2D eigenvalue weighted by molar-refractivity contribution is 7.80. The van der Waals surface area contributed by atoms with E-state index in [0.717, 1.165) is 12.1 Å². The van der Waals surface area contributed by atoms with E-state index >= 15 is 0 Å². The number of rotatable bonds is 5. The predicted octanol–water partition coefficient (Wildman–Crippen LogP) is 5.36. The molecular formula is C25H24F5N3O2S. The van der Waals surface area contributed by atoms with Crippen molar-refractivity contribution in [2.45, 2.75) is 45.0 Å². The Hall–Kier alpha value is -3.21. The Kier molecular flexibility index (Phi) is 6.48. The van der Waals surface area contributed by atoms with Gasteiger partial charge in [-0.15, -0.1) is 0 Å². The lowest BCUT2D eigenvalue weighted by Crippen LogP contribution is -2.45. The largest absolute Gasteiger partial charge is 0.483 e. The third-order valence-corrected chi connectivity index (χ3v) is 6.47. The van der Waals surface area contributed by atoms with E-state index in [0.29, 0.717) is 34.4 Å². The zero-order valence-corrected chi connectivity index (χ0v) is 20.5. The summed E-state index contributed by atoms with van der Waals surface area (Å²) in [4.78, 5) is 14.8. The topological polar surface area (TPSA) is 53.6 Å². The van der Waals surface area contributed by atoms with E-state index in [1.54, 1.807) is 38.1 Å². The molecular weight excluding hydrogens is 501 g/mol. The number of fused-ring (bicyclic) bond motifs is 2. The number of carbonyl (C=O) groups is 1. The van der Waals surface area contributed by atoms with E-state index in [2.05, 4.69) is 10.6 Å². The molecule has 11 heteroatoms. The SMILES string of the molecule is CCNC(=S)NCC1=C(N2Cc3ccccc3C2=O)c2cc(C(F)(F)C(F)(F)F)ccc2OC1(C)C. The molecule has 1 amide bonds. The Labute approximate surface area is 210 Å². The van der Waals surface area contributed by atoms with Crippen LogP contribution in [0.4, 0.5) is 22.0 Å². The highest BCUT2D eigenvalue weighted by atomic mass is 32.1. The average molecular weight is 526 g/mol. The first-order valence-electron chi connectivity index (χ1n) is 11.2. The first-order chi connectivity index (χ1) is 16.8. The van der Waals surface area contributed by atoms with Gasteiger partial charge in [0, 0.05) is 35.4 Å². The molecule has 4 rings (SSSR count). The summed E-state index contributed by atoms with van der Waals surface area (Å²) in [6, 6.07) is 9.44. The molecule has 0 spiro atoms. The fourth-order valence-electron chi connectivity index (χ4n) is 4.38. The van der Waals surface area contributed by atoms with Crippen LogP contribution in [0.5, 0.6) is 5.75 Å². The number of thiocarbonyl (C=S) groups is 1. The van der Waals surface area contributed by atoms with Gasteiger partial charge in [0.15, 0.2) is 5.11 Å². The monoisotopic (exact) mass is 525 g/mol. The van der Waals surface area contributed by atoms with Crippen molar-refractivity contribution in [3.8, 4) is 5.75 Å². The number of amides is 1. The van der Waals surface area contributed by atoms with E-state index in [1.165, 1.54) is 4.90 Å². The standard InChI is InChI=1S/C25H24F5N3O2S/c1-4-31-22(36)32-12-18-20(33-13-14-7-5-6-8-16(14)21(33)34)17-11-15(24(26,27)25(28,29)30)9-10-19(17)35-23(18,2)3/h5-11H,4,12-13H2,1-3H3,(H2,31,32,36). The smallest absolute Gasteiger partial charge is 0.458 e. The highest BCUT2D eigenvalue weighted by Crippen LogP contribution is 2.49. The van der Waals surface area contributed by atoms with Crippen LogP contribution < -0.4 is 15.4 Å². The quantitative estimate of drug-likeness (QED) is 0.407. The molecule has 0 saturated heterocycles. The molecule has 2 N–H and O–H groups in total. The third-order valence-electron chi connectivity index (χ3n) is 6.19. The maximum absolute atomic E-state index is 14.3. The molecule has 0 bridgehead atoms.